The molecule has 28 heavy (non-hydrogen) atoms. The maximum absolute atomic E-state index is 12.4. The molecule has 0 saturated heterocycles. The Labute approximate surface area is 161 Å². The Morgan fingerprint density at radius 3 is 2.75 bits per heavy atom. The molecule has 0 saturated carbocycles. The van der Waals surface area contributed by atoms with Gasteiger partial charge in [0.1, 0.15) is 24.0 Å². The maximum Gasteiger partial charge on any atom is 0.228 e. The third kappa shape index (κ3) is 3.40. The number of nitrogens with zero attached hydrogens (tertiary/aromatic N) is 1. The molecule has 1 unspecified atom stereocenters. The molecule has 0 spiro atoms. The summed E-state index contributed by atoms with van der Waals surface area (Å²) >= 11 is 0. The number of methoxy groups -OCH3 is 1. The Bertz CT molecular complexity index is 1020. The molecule has 0 amide bonds. The predicted octanol–water partition coefficient (Wildman–Crippen LogP) is 2.15. The van der Waals surface area contributed by atoms with Crippen LogP contribution in [0.3, 0.4) is 0 Å². The van der Waals surface area contributed by atoms with Gasteiger partial charge in [0.25, 0.3) is 0 Å². The molecule has 8 heteroatoms. The van der Waals surface area contributed by atoms with Gasteiger partial charge in [0.05, 0.1) is 19.6 Å². The van der Waals surface area contributed by atoms with Gasteiger partial charge in [-0.2, -0.15) is 5.26 Å². The van der Waals surface area contributed by atoms with E-state index in [0.29, 0.717) is 23.7 Å². The van der Waals surface area contributed by atoms with Crippen molar-refractivity contribution in [3.8, 4) is 23.3 Å². The highest BCUT2D eigenvalue weighted by Gasteiger charge is 2.35. The first-order chi connectivity index (χ1) is 13.5. The lowest BCUT2D eigenvalue weighted by Crippen LogP contribution is -2.25. The van der Waals surface area contributed by atoms with Crippen molar-refractivity contribution >= 4 is 0 Å². The molecule has 0 bridgehead atoms. The van der Waals surface area contributed by atoms with Gasteiger partial charge in [-0.15, -0.1) is 0 Å². The molecule has 0 aliphatic carbocycles. The van der Waals surface area contributed by atoms with Crippen LogP contribution in [0.15, 0.2) is 44.9 Å². The third-order valence-electron chi connectivity index (χ3n) is 4.27. The monoisotopic (exact) mass is 384 g/mol. The van der Waals surface area contributed by atoms with Crippen LogP contribution in [0.1, 0.15) is 36.3 Å². The summed E-state index contributed by atoms with van der Waals surface area (Å²) in [6.07, 6.45) is 0.804. The summed E-state index contributed by atoms with van der Waals surface area (Å²) in [4.78, 5) is 12.4. The molecule has 2 aromatic rings. The molecule has 0 radical (unpaired) electrons. The Hall–Kier alpha value is -3.44. The number of ether oxygens (including phenoxy) is 3. The maximum atomic E-state index is 12.4. The predicted molar refractivity (Wildman–Crippen MR) is 99.0 cm³/mol. The summed E-state index contributed by atoms with van der Waals surface area (Å²) in [5.41, 5.74) is 6.10. The van der Waals surface area contributed by atoms with Gasteiger partial charge in [-0.1, -0.05) is 13.0 Å². The van der Waals surface area contributed by atoms with E-state index in [9.17, 15) is 15.2 Å². The van der Waals surface area contributed by atoms with Crippen molar-refractivity contribution in [2.75, 3.05) is 13.7 Å². The lowest BCUT2D eigenvalue weighted by Gasteiger charge is -2.25. The minimum Gasteiger partial charge on any atom is -0.493 e. The van der Waals surface area contributed by atoms with E-state index < -0.39 is 18.0 Å². The fourth-order valence-electron chi connectivity index (χ4n) is 2.99. The lowest BCUT2D eigenvalue weighted by molar-refractivity contribution is 0.231. The topological polar surface area (TPSA) is 128 Å². The van der Waals surface area contributed by atoms with Crippen molar-refractivity contribution in [1.82, 2.24) is 0 Å². The summed E-state index contributed by atoms with van der Waals surface area (Å²) in [5.74, 6) is 0.126. The molecule has 8 nitrogen and oxygen atoms in total. The first kappa shape index (κ1) is 19.3. The fraction of sp³-hybridized carbons (Fsp3) is 0.300. The highest BCUT2D eigenvalue weighted by molar-refractivity contribution is 5.55. The quantitative estimate of drug-likeness (QED) is 0.775. The summed E-state index contributed by atoms with van der Waals surface area (Å²) in [6, 6.07) is 8.30. The molecule has 0 fully saturated rings. The number of rotatable bonds is 6. The minimum absolute atomic E-state index is 0.0612. The van der Waals surface area contributed by atoms with Gasteiger partial charge in [-0.3, -0.25) is 4.79 Å². The summed E-state index contributed by atoms with van der Waals surface area (Å²) in [6.45, 7) is 1.99. The smallest absolute Gasteiger partial charge is 0.228 e. The first-order valence-corrected chi connectivity index (χ1v) is 8.70. The van der Waals surface area contributed by atoms with Gasteiger partial charge < -0.3 is 29.5 Å². The zero-order valence-corrected chi connectivity index (χ0v) is 15.5. The number of allylic oxidation sites excluding steroid dienone is 1. The highest BCUT2D eigenvalue weighted by Crippen LogP contribution is 2.43. The van der Waals surface area contributed by atoms with E-state index in [2.05, 4.69) is 0 Å². The molecule has 1 atom stereocenters. The highest BCUT2D eigenvalue weighted by atomic mass is 16.5. The summed E-state index contributed by atoms with van der Waals surface area (Å²) < 4.78 is 22.1. The van der Waals surface area contributed by atoms with E-state index in [-0.39, 0.29) is 28.7 Å². The number of aliphatic hydroxyl groups excluding tert-OH is 1. The number of hydrogen-bond donors (Lipinski definition) is 2. The van der Waals surface area contributed by atoms with Crippen LogP contribution < -0.4 is 25.4 Å². The average molecular weight is 384 g/mol. The van der Waals surface area contributed by atoms with E-state index in [0.717, 1.165) is 12.5 Å². The van der Waals surface area contributed by atoms with E-state index >= 15 is 0 Å². The number of aliphatic hydroxyl groups is 1. The second-order valence-electron chi connectivity index (χ2n) is 6.11. The van der Waals surface area contributed by atoms with Crippen molar-refractivity contribution in [3.63, 3.8) is 0 Å². The van der Waals surface area contributed by atoms with E-state index in [1.54, 1.807) is 18.2 Å². The van der Waals surface area contributed by atoms with Gasteiger partial charge in [0.15, 0.2) is 17.3 Å². The molecule has 146 valence electrons. The lowest BCUT2D eigenvalue weighted by atomic mass is 9.87. The second-order valence-corrected chi connectivity index (χ2v) is 6.11. The zero-order valence-electron chi connectivity index (χ0n) is 15.5. The Kier molecular flexibility index (Phi) is 5.57. The summed E-state index contributed by atoms with van der Waals surface area (Å²) in [5, 5.41) is 19.0. The van der Waals surface area contributed by atoms with Gasteiger partial charge in [0, 0.05) is 6.07 Å². The van der Waals surface area contributed by atoms with Crippen LogP contribution in [0.4, 0.5) is 0 Å². The van der Waals surface area contributed by atoms with Crippen LogP contribution in [0.5, 0.6) is 17.2 Å². The average Bonchev–Trinajstić information content (AvgIpc) is 2.71. The molecular formula is C20H20N2O6. The molecule has 2 heterocycles. The van der Waals surface area contributed by atoms with Crippen LogP contribution in [0.2, 0.25) is 0 Å². The molecule has 1 aliphatic rings. The van der Waals surface area contributed by atoms with Crippen molar-refractivity contribution in [3.05, 3.63) is 63.0 Å². The Balaban J connectivity index is 2.21. The van der Waals surface area contributed by atoms with Crippen LogP contribution in [0.25, 0.3) is 0 Å². The van der Waals surface area contributed by atoms with Gasteiger partial charge in [0.2, 0.25) is 17.1 Å². The van der Waals surface area contributed by atoms with Gasteiger partial charge in [-0.25, -0.2) is 0 Å². The normalized spacial score (nSPS) is 15.4. The van der Waals surface area contributed by atoms with Crippen molar-refractivity contribution in [2.24, 2.45) is 5.73 Å². The van der Waals surface area contributed by atoms with E-state index in [1.165, 1.54) is 7.11 Å². The number of benzene rings is 1. The number of fused-ring (bicyclic) bond motifs is 1. The molecule has 1 aliphatic heterocycles. The second kappa shape index (κ2) is 8.06. The van der Waals surface area contributed by atoms with Gasteiger partial charge >= 0.3 is 0 Å². The van der Waals surface area contributed by atoms with Crippen LogP contribution >= 0.6 is 0 Å². The van der Waals surface area contributed by atoms with Crippen molar-refractivity contribution in [1.29, 1.82) is 5.26 Å². The molecule has 1 aromatic heterocycles. The Morgan fingerprint density at radius 1 is 1.32 bits per heavy atom. The minimum atomic E-state index is -0.789. The third-order valence-corrected chi connectivity index (χ3v) is 4.27. The van der Waals surface area contributed by atoms with E-state index in [1.807, 2.05) is 13.0 Å². The fourth-order valence-corrected chi connectivity index (χ4v) is 2.99. The van der Waals surface area contributed by atoms with Gasteiger partial charge in [-0.05, 0) is 24.1 Å². The molecule has 3 rings (SSSR count). The van der Waals surface area contributed by atoms with Crippen LogP contribution in [-0.4, -0.2) is 18.8 Å². The van der Waals surface area contributed by atoms with Crippen LogP contribution in [0, 0.1) is 11.3 Å². The summed E-state index contributed by atoms with van der Waals surface area (Å²) in [7, 11) is 1.53. The number of nitrogens with two attached hydrogens (primary N) is 1. The standard InChI is InChI=1S/C20H20N2O6/c1-3-6-26-16-7-11(4-5-15(16)25-2)17-13(9-21)20(22)28-18-14(24)8-12(10-23)27-19(17)18/h4-5,7-8,17,23H,3,6,10,22H2,1-2H3. The molecule has 1 aromatic carbocycles. The molecular weight excluding hydrogens is 364 g/mol. The molecule has 3 N–H and O–H groups in total. The van der Waals surface area contributed by atoms with Crippen molar-refractivity contribution < 1.29 is 23.7 Å². The Morgan fingerprint density at radius 2 is 2.11 bits per heavy atom. The number of nitriles is 1. The first-order valence-electron chi connectivity index (χ1n) is 8.70. The number of hydrogen-bond acceptors (Lipinski definition) is 8. The van der Waals surface area contributed by atoms with Crippen molar-refractivity contribution in [2.45, 2.75) is 25.9 Å². The zero-order chi connectivity index (χ0) is 20.3. The van der Waals surface area contributed by atoms with Crippen LogP contribution in [-0.2, 0) is 6.61 Å². The van der Waals surface area contributed by atoms with E-state index in [4.69, 9.17) is 24.4 Å². The largest absolute Gasteiger partial charge is 0.493 e. The SMILES string of the molecule is CCCOc1cc(C2C(C#N)=C(N)Oc3c2oc(CO)cc3=O)ccc1OC.